The Morgan fingerprint density at radius 3 is 2.85 bits per heavy atom. The van der Waals surface area contributed by atoms with Gasteiger partial charge in [-0.1, -0.05) is 47.9 Å². The number of nitrogens with zero attached hydrogens (tertiary/aromatic N) is 1. The van der Waals surface area contributed by atoms with Gasteiger partial charge in [-0.15, -0.1) is 0 Å². The minimum atomic E-state index is -0.368. The van der Waals surface area contributed by atoms with Gasteiger partial charge >= 0.3 is 0 Å². The summed E-state index contributed by atoms with van der Waals surface area (Å²) in [6.45, 7) is 0.752. The molecule has 3 aromatic rings. The second-order valence-corrected chi connectivity index (χ2v) is 7.38. The van der Waals surface area contributed by atoms with Crippen molar-refractivity contribution in [1.29, 1.82) is 0 Å². The molecule has 1 aliphatic carbocycles. The third kappa shape index (κ3) is 1.75. The van der Waals surface area contributed by atoms with E-state index in [9.17, 15) is 0 Å². The fourth-order valence-electron chi connectivity index (χ4n) is 4.94. The lowest BCUT2D eigenvalue weighted by Crippen LogP contribution is -2.40. The standard InChI is InChI=1S/C23H17BN2O/c24-14-5-6-16-15-3-1-2-4-17(15)23(18(16)11-14)19-12-25-9-7-21(19)27-22-8-10-26-13-20(22)23/h1-12,26H,13,24H2. The Morgan fingerprint density at radius 1 is 1.00 bits per heavy atom. The number of nitrogens with one attached hydrogen (secondary N) is 1. The summed E-state index contributed by atoms with van der Waals surface area (Å²) < 4.78 is 6.30. The van der Waals surface area contributed by atoms with Crippen molar-refractivity contribution in [3.8, 4) is 16.9 Å². The number of hydrogen-bond donors (Lipinski definition) is 1. The van der Waals surface area contributed by atoms with Crippen molar-refractivity contribution in [3.05, 3.63) is 101 Å². The van der Waals surface area contributed by atoms with Crippen molar-refractivity contribution < 1.29 is 4.74 Å². The van der Waals surface area contributed by atoms with Gasteiger partial charge < -0.3 is 10.1 Å². The van der Waals surface area contributed by atoms with Gasteiger partial charge in [-0.05, 0) is 34.4 Å². The van der Waals surface area contributed by atoms with Gasteiger partial charge in [-0.25, -0.2) is 0 Å². The maximum Gasteiger partial charge on any atom is 0.139 e. The Morgan fingerprint density at radius 2 is 1.89 bits per heavy atom. The maximum atomic E-state index is 6.30. The van der Waals surface area contributed by atoms with Crippen molar-refractivity contribution in [3.63, 3.8) is 0 Å². The number of dihydropyridines is 1. The molecule has 4 heteroatoms. The topological polar surface area (TPSA) is 34.1 Å². The van der Waals surface area contributed by atoms with Gasteiger partial charge in [-0.2, -0.15) is 0 Å². The molecule has 1 atom stereocenters. The lowest BCUT2D eigenvalue weighted by atomic mass is 9.65. The third-order valence-electron chi connectivity index (χ3n) is 5.99. The molecule has 6 rings (SSSR count). The first-order valence-corrected chi connectivity index (χ1v) is 9.27. The van der Waals surface area contributed by atoms with Crippen molar-refractivity contribution in [1.82, 2.24) is 10.3 Å². The van der Waals surface area contributed by atoms with Crippen LogP contribution >= 0.6 is 0 Å². The van der Waals surface area contributed by atoms with Crippen LogP contribution in [0, 0.1) is 0 Å². The molecule has 128 valence electrons. The minimum absolute atomic E-state index is 0.368. The molecule has 0 fully saturated rings. The molecule has 2 aromatic carbocycles. The molecule has 0 saturated heterocycles. The van der Waals surface area contributed by atoms with Crippen molar-refractivity contribution in [2.75, 3.05) is 6.54 Å². The molecule has 0 saturated carbocycles. The predicted octanol–water partition coefficient (Wildman–Crippen LogP) is 2.42. The smallest absolute Gasteiger partial charge is 0.139 e. The van der Waals surface area contributed by atoms with Crippen LogP contribution in [0.1, 0.15) is 16.7 Å². The molecular formula is C23H17BN2O. The lowest BCUT2D eigenvalue weighted by molar-refractivity contribution is 0.389. The second kappa shape index (κ2) is 5.13. The number of rotatable bonds is 0. The van der Waals surface area contributed by atoms with Gasteiger partial charge in [-0.3, -0.25) is 4.98 Å². The molecule has 3 nitrogen and oxygen atoms in total. The van der Waals surface area contributed by atoms with E-state index < -0.39 is 0 Å². The Kier molecular flexibility index (Phi) is 2.83. The summed E-state index contributed by atoms with van der Waals surface area (Å²) in [6.07, 6.45) is 7.80. The molecule has 1 unspecified atom stereocenters. The Hall–Kier alpha value is -3.27. The third-order valence-corrected chi connectivity index (χ3v) is 5.99. The quantitative estimate of drug-likeness (QED) is 0.634. The number of benzene rings is 2. The fraction of sp³-hybridized carbons (Fsp3) is 0.0870. The SMILES string of the molecule is Bc1ccc2c(c1)C1(C3=C(C=CNC3)Oc3ccncc31)c1ccccc1-2. The number of pyridine rings is 1. The highest BCUT2D eigenvalue weighted by molar-refractivity contribution is 6.32. The summed E-state index contributed by atoms with van der Waals surface area (Å²) in [6, 6.07) is 17.5. The fourth-order valence-corrected chi connectivity index (χ4v) is 4.94. The molecular weight excluding hydrogens is 331 g/mol. The van der Waals surface area contributed by atoms with Crippen LogP contribution in [0.2, 0.25) is 0 Å². The van der Waals surface area contributed by atoms with Crippen LogP contribution in [0.15, 0.2) is 84.5 Å². The number of hydrogen-bond acceptors (Lipinski definition) is 3. The zero-order valence-electron chi connectivity index (χ0n) is 15.0. The van der Waals surface area contributed by atoms with Crippen LogP contribution in [-0.2, 0) is 5.41 Å². The van der Waals surface area contributed by atoms with Gasteiger partial charge in [0.15, 0.2) is 0 Å². The molecule has 3 aliphatic rings. The summed E-state index contributed by atoms with van der Waals surface area (Å²) in [4.78, 5) is 4.48. The molecule has 0 amide bonds. The number of ether oxygens (including phenoxy) is 1. The molecule has 1 spiro atoms. The number of fused-ring (bicyclic) bond motifs is 8. The van der Waals surface area contributed by atoms with Gasteiger partial charge in [0, 0.05) is 36.3 Å². The normalized spacial score (nSPS) is 21.0. The lowest BCUT2D eigenvalue weighted by Gasteiger charge is -2.41. The van der Waals surface area contributed by atoms with E-state index >= 15 is 0 Å². The van der Waals surface area contributed by atoms with Crippen LogP contribution in [-0.4, -0.2) is 19.4 Å². The first kappa shape index (κ1) is 14.9. The van der Waals surface area contributed by atoms with Crippen LogP contribution in [0.5, 0.6) is 5.75 Å². The first-order valence-electron chi connectivity index (χ1n) is 9.27. The summed E-state index contributed by atoms with van der Waals surface area (Å²) in [7, 11) is 2.16. The van der Waals surface area contributed by atoms with Crippen LogP contribution in [0.4, 0.5) is 0 Å². The van der Waals surface area contributed by atoms with Crippen molar-refractivity contribution in [2.45, 2.75) is 5.41 Å². The molecule has 0 bridgehead atoms. The highest BCUT2D eigenvalue weighted by atomic mass is 16.5. The molecule has 3 heterocycles. The van der Waals surface area contributed by atoms with E-state index in [1.54, 1.807) is 6.20 Å². The summed E-state index contributed by atoms with van der Waals surface area (Å²) in [5.74, 6) is 1.83. The minimum Gasteiger partial charge on any atom is -0.457 e. The largest absolute Gasteiger partial charge is 0.457 e. The van der Waals surface area contributed by atoms with E-state index in [1.807, 2.05) is 24.5 Å². The van der Waals surface area contributed by atoms with E-state index in [4.69, 9.17) is 4.74 Å². The van der Waals surface area contributed by atoms with Gasteiger partial charge in [0.1, 0.15) is 19.4 Å². The van der Waals surface area contributed by atoms with Gasteiger partial charge in [0.2, 0.25) is 0 Å². The second-order valence-electron chi connectivity index (χ2n) is 7.38. The maximum absolute atomic E-state index is 6.30. The number of aromatic nitrogens is 1. The van der Waals surface area contributed by atoms with Gasteiger partial charge in [0.25, 0.3) is 0 Å². The van der Waals surface area contributed by atoms with Crippen LogP contribution in [0.3, 0.4) is 0 Å². The number of allylic oxidation sites excluding steroid dienone is 1. The molecule has 2 aliphatic heterocycles. The summed E-state index contributed by atoms with van der Waals surface area (Å²) in [5, 5.41) is 3.40. The Balaban J connectivity index is 1.84. The van der Waals surface area contributed by atoms with Gasteiger partial charge in [0.05, 0.1) is 5.41 Å². The van der Waals surface area contributed by atoms with E-state index in [0.29, 0.717) is 0 Å². The van der Waals surface area contributed by atoms with Crippen molar-refractivity contribution in [2.24, 2.45) is 0 Å². The highest BCUT2D eigenvalue weighted by Crippen LogP contribution is 2.60. The van der Waals surface area contributed by atoms with Crippen LogP contribution < -0.4 is 15.5 Å². The van der Waals surface area contributed by atoms with E-state index in [-0.39, 0.29) is 5.41 Å². The summed E-state index contributed by atoms with van der Waals surface area (Å²) >= 11 is 0. The molecule has 27 heavy (non-hydrogen) atoms. The monoisotopic (exact) mass is 348 g/mol. The molecule has 1 N–H and O–H groups in total. The van der Waals surface area contributed by atoms with Crippen molar-refractivity contribution >= 4 is 13.3 Å². The zero-order valence-corrected chi connectivity index (χ0v) is 15.0. The molecule has 0 radical (unpaired) electrons. The zero-order chi connectivity index (χ0) is 18.0. The Labute approximate surface area is 158 Å². The molecule has 1 aromatic heterocycles. The summed E-state index contributed by atoms with van der Waals surface area (Å²) in [5.41, 5.74) is 8.50. The van der Waals surface area contributed by atoms with E-state index in [0.717, 1.165) is 23.6 Å². The predicted molar refractivity (Wildman–Crippen MR) is 109 cm³/mol. The highest BCUT2D eigenvalue weighted by Gasteiger charge is 2.52. The Bertz CT molecular complexity index is 1180. The van der Waals surface area contributed by atoms with Crippen LogP contribution in [0.25, 0.3) is 11.1 Å². The van der Waals surface area contributed by atoms with E-state index in [2.05, 4.69) is 60.6 Å². The first-order chi connectivity index (χ1) is 13.3. The van der Waals surface area contributed by atoms with E-state index in [1.165, 1.54) is 33.3 Å². The average molecular weight is 348 g/mol. The average Bonchev–Trinajstić information content (AvgIpc) is 2.99.